The molecule has 2 N–H and O–H groups in total. The topological polar surface area (TPSA) is 66.8 Å². The molecule has 82 valence electrons. The third kappa shape index (κ3) is 2.95. The van der Waals surface area contributed by atoms with E-state index in [-0.39, 0.29) is 5.75 Å². The van der Waals surface area contributed by atoms with E-state index in [1.807, 2.05) is 0 Å². The first-order valence-corrected chi connectivity index (χ1v) is 4.58. The van der Waals surface area contributed by atoms with Crippen LogP contribution in [-0.4, -0.2) is 29.4 Å². The van der Waals surface area contributed by atoms with Crippen molar-refractivity contribution in [3.63, 3.8) is 0 Å². The van der Waals surface area contributed by atoms with E-state index in [2.05, 4.69) is 0 Å². The van der Waals surface area contributed by atoms with Gasteiger partial charge in [0.25, 0.3) is 0 Å². The Morgan fingerprint density at radius 2 is 2.20 bits per heavy atom. The van der Waals surface area contributed by atoms with E-state index in [9.17, 15) is 9.90 Å². The van der Waals surface area contributed by atoms with Crippen molar-refractivity contribution >= 4 is 5.97 Å². The molecule has 4 nitrogen and oxygen atoms in total. The second kappa shape index (κ2) is 4.79. The van der Waals surface area contributed by atoms with Crippen molar-refractivity contribution in [2.75, 3.05) is 7.11 Å². The van der Waals surface area contributed by atoms with E-state index in [4.69, 9.17) is 9.84 Å². The molecule has 15 heavy (non-hydrogen) atoms. The summed E-state index contributed by atoms with van der Waals surface area (Å²) in [6, 6.07) is 5.00. The van der Waals surface area contributed by atoms with E-state index in [0.717, 1.165) is 11.1 Å². The number of rotatable bonds is 4. The van der Waals surface area contributed by atoms with Gasteiger partial charge in [-0.1, -0.05) is 12.1 Å². The van der Waals surface area contributed by atoms with Gasteiger partial charge in [0.05, 0.1) is 0 Å². The van der Waals surface area contributed by atoms with Crippen LogP contribution in [0.2, 0.25) is 0 Å². The molecule has 1 aromatic rings. The summed E-state index contributed by atoms with van der Waals surface area (Å²) < 4.78 is 4.82. The average molecular weight is 210 g/mol. The molecule has 1 rings (SSSR count). The maximum Gasteiger partial charge on any atom is 0.333 e. The first-order valence-electron chi connectivity index (χ1n) is 4.58. The summed E-state index contributed by atoms with van der Waals surface area (Å²) in [4.78, 5) is 10.7. The molecule has 0 fully saturated rings. The Bertz CT molecular complexity index is 360. The number of carboxylic acid groups (broad SMARTS) is 1. The maximum absolute atomic E-state index is 10.7. The fraction of sp³-hybridized carbons (Fsp3) is 0.364. The Hall–Kier alpha value is -1.55. The second-order valence-electron chi connectivity index (χ2n) is 3.39. The van der Waals surface area contributed by atoms with Gasteiger partial charge < -0.3 is 14.9 Å². The van der Waals surface area contributed by atoms with E-state index >= 15 is 0 Å². The highest BCUT2D eigenvalue weighted by atomic mass is 16.5. The number of methoxy groups -OCH3 is 1. The van der Waals surface area contributed by atoms with Crippen molar-refractivity contribution < 1.29 is 19.7 Å². The van der Waals surface area contributed by atoms with Gasteiger partial charge in [-0.2, -0.15) is 0 Å². The van der Waals surface area contributed by atoms with Gasteiger partial charge >= 0.3 is 5.97 Å². The first-order chi connectivity index (χ1) is 7.04. The predicted octanol–water partition coefficient (Wildman–Crippen LogP) is 1.34. The standard InChI is InChI=1S/C11H14O4/c1-7-5-8(3-4-9(7)12)6-10(15-2)11(13)14/h3-5,10,12H,6H2,1-2H3,(H,13,14). The highest BCUT2D eigenvalue weighted by molar-refractivity contribution is 5.72. The van der Waals surface area contributed by atoms with Crippen molar-refractivity contribution in [2.24, 2.45) is 0 Å². The minimum atomic E-state index is -0.983. The van der Waals surface area contributed by atoms with E-state index in [1.54, 1.807) is 25.1 Å². The zero-order valence-electron chi connectivity index (χ0n) is 8.73. The van der Waals surface area contributed by atoms with Crippen LogP contribution in [0.25, 0.3) is 0 Å². The van der Waals surface area contributed by atoms with Crippen LogP contribution in [0.15, 0.2) is 18.2 Å². The van der Waals surface area contributed by atoms with Crippen molar-refractivity contribution in [2.45, 2.75) is 19.4 Å². The summed E-state index contributed by atoms with van der Waals surface area (Å²) in [5, 5.41) is 18.1. The molecule has 1 unspecified atom stereocenters. The van der Waals surface area contributed by atoms with Gasteiger partial charge in [0.1, 0.15) is 5.75 Å². The lowest BCUT2D eigenvalue weighted by Gasteiger charge is -2.11. The van der Waals surface area contributed by atoms with E-state index < -0.39 is 12.1 Å². The Balaban J connectivity index is 2.80. The zero-order chi connectivity index (χ0) is 11.4. The number of benzene rings is 1. The predicted molar refractivity (Wildman–Crippen MR) is 55.0 cm³/mol. The Labute approximate surface area is 88.1 Å². The van der Waals surface area contributed by atoms with Gasteiger partial charge in [-0.3, -0.25) is 0 Å². The first kappa shape index (κ1) is 11.5. The molecule has 0 radical (unpaired) electrons. The lowest BCUT2D eigenvalue weighted by molar-refractivity contribution is -0.148. The highest BCUT2D eigenvalue weighted by Crippen LogP contribution is 2.18. The lowest BCUT2D eigenvalue weighted by Crippen LogP contribution is -2.24. The minimum absolute atomic E-state index is 0.211. The van der Waals surface area contributed by atoms with Crippen molar-refractivity contribution in [1.82, 2.24) is 0 Å². The molecule has 0 aliphatic heterocycles. The molecular weight excluding hydrogens is 196 g/mol. The summed E-state index contributed by atoms with van der Waals surface area (Å²) in [5.74, 6) is -0.772. The third-order valence-corrected chi connectivity index (χ3v) is 2.24. The van der Waals surface area contributed by atoms with Crippen LogP contribution in [0.5, 0.6) is 5.75 Å². The van der Waals surface area contributed by atoms with Gasteiger partial charge in [-0.05, 0) is 24.1 Å². The van der Waals surface area contributed by atoms with Gasteiger partial charge in [0.2, 0.25) is 0 Å². The molecule has 0 aliphatic carbocycles. The van der Waals surface area contributed by atoms with Gasteiger partial charge in [-0.15, -0.1) is 0 Å². The van der Waals surface area contributed by atoms with Crippen LogP contribution < -0.4 is 0 Å². The summed E-state index contributed by atoms with van der Waals surface area (Å²) in [7, 11) is 1.37. The zero-order valence-corrected chi connectivity index (χ0v) is 8.73. The van der Waals surface area contributed by atoms with Crippen molar-refractivity contribution in [3.8, 4) is 5.75 Å². The number of hydrogen-bond donors (Lipinski definition) is 2. The normalized spacial score (nSPS) is 12.4. The quantitative estimate of drug-likeness (QED) is 0.787. The fourth-order valence-electron chi connectivity index (χ4n) is 1.33. The number of aromatic hydroxyl groups is 1. The Kier molecular flexibility index (Phi) is 3.68. The molecule has 0 bridgehead atoms. The number of ether oxygens (including phenoxy) is 1. The number of carboxylic acids is 1. The summed E-state index contributed by atoms with van der Waals surface area (Å²) in [5.41, 5.74) is 1.56. The van der Waals surface area contributed by atoms with Crippen LogP contribution in [0, 0.1) is 6.92 Å². The van der Waals surface area contributed by atoms with Crippen LogP contribution in [0.3, 0.4) is 0 Å². The number of aryl methyl sites for hydroxylation is 1. The third-order valence-electron chi connectivity index (χ3n) is 2.24. The molecule has 0 saturated heterocycles. The number of phenols is 1. The molecule has 0 spiro atoms. The van der Waals surface area contributed by atoms with Crippen molar-refractivity contribution in [1.29, 1.82) is 0 Å². The van der Waals surface area contributed by atoms with Gasteiger partial charge in [0.15, 0.2) is 6.10 Å². The molecule has 1 aromatic carbocycles. The molecule has 0 amide bonds. The summed E-state index contributed by atoms with van der Waals surface area (Å²) >= 11 is 0. The molecule has 0 aromatic heterocycles. The van der Waals surface area contributed by atoms with Crippen LogP contribution >= 0.6 is 0 Å². The van der Waals surface area contributed by atoms with Crippen LogP contribution in [-0.2, 0) is 16.0 Å². The molecular formula is C11H14O4. The van der Waals surface area contributed by atoms with E-state index in [1.165, 1.54) is 7.11 Å². The Morgan fingerprint density at radius 1 is 1.53 bits per heavy atom. The summed E-state index contributed by atoms with van der Waals surface area (Å²) in [6.45, 7) is 1.77. The average Bonchev–Trinajstić information content (AvgIpc) is 2.19. The molecule has 4 heteroatoms. The number of aliphatic carboxylic acids is 1. The number of hydrogen-bond acceptors (Lipinski definition) is 3. The minimum Gasteiger partial charge on any atom is -0.508 e. The fourth-order valence-corrected chi connectivity index (χ4v) is 1.33. The van der Waals surface area contributed by atoms with Crippen LogP contribution in [0.4, 0.5) is 0 Å². The lowest BCUT2D eigenvalue weighted by atomic mass is 10.0. The number of carbonyl (C=O) groups is 1. The monoisotopic (exact) mass is 210 g/mol. The second-order valence-corrected chi connectivity index (χ2v) is 3.39. The van der Waals surface area contributed by atoms with E-state index in [0.29, 0.717) is 6.42 Å². The van der Waals surface area contributed by atoms with Gasteiger partial charge in [0, 0.05) is 13.5 Å². The highest BCUT2D eigenvalue weighted by Gasteiger charge is 2.16. The van der Waals surface area contributed by atoms with Crippen LogP contribution in [0.1, 0.15) is 11.1 Å². The van der Waals surface area contributed by atoms with Gasteiger partial charge in [-0.25, -0.2) is 4.79 Å². The largest absolute Gasteiger partial charge is 0.508 e. The smallest absolute Gasteiger partial charge is 0.333 e. The molecule has 0 saturated carbocycles. The summed E-state index contributed by atoms with van der Waals surface area (Å²) in [6.07, 6.45) is -0.540. The molecule has 0 heterocycles. The number of phenolic OH excluding ortho intramolecular Hbond substituents is 1. The Morgan fingerprint density at radius 3 is 2.67 bits per heavy atom. The maximum atomic E-state index is 10.7. The molecule has 1 atom stereocenters. The SMILES string of the molecule is COC(Cc1ccc(O)c(C)c1)C(=O)O. The molecule has 0 aliphatic rings. The van der Waals surface area contributed by atoms with Crippen molar-refractivity contribution in [3.05, 3.63) is 29.3 Å².